The normalized spacial score (nSPS) is 17.8. The van der Waals surface area contributed by atoms with Crippen molar-refractivity contribution in [1.29, 1.82) is 0 Å². The number of carbonyl (C=O) groups is 1. The molecule has 1 aliphatic heterocycles. The number of rotatable bonds is 8. The first-order chi connectivity index (χ1) is 17.8. The zero-order chi connectivity index (χ0) is 26.4. The summed E-state index contributed by atoms with van der Waals surface area (Å²) in [6.07, 6.45) is 4.08. The Morgan fingerprint density at radius 1 is 1.16 bits per heavy atom. The summed E-state index contributed by atoms with van der Waals surface area (Å²) in [4.78, 5) is 17.8. The van der Waals surface area contributed by atoms with E-state index in [0.717, 1.165) is 43.0 Å². The van der Waals surface area contributed by atoms with Crippen LogP contribution < -0.4 is 4.74 Å². The second kappa shape index (κ2) is 12.1. The molecule has 0 bridgehead atoms. The van der Waals surface area contributed by atoms with Crippen molar-refractivity contribution in [1.82, 2.24) is 9.88 Å². The lowest BCUT2D eigenvalue weighted by molar-refractivity contribution is -0.139. The van der Waals surface area contributed by atoms with Crippen molar-refractivity contribution in [2.24, 2.45) is 11.8 Å². The molecule has 0 radical (unpaired) electrons. The minimum absolute atomic E-state index is 0.00506. The van der Waals surface area contributed by atoms with Crippen LogP contribution in [0, 0.1) is 41.1 Å². The summed E-state index contributed by atoms with van der Waals surface area (Å²) in [6, 6.07) is 8.55. The highest BCUT2D eigenvalue weighted by Crippen LogP contribution is 2.32. The first kappa shape index (κ1) is 26.5. The highest BCUT2D eigenvalue weighted by molar-refractivity contribution is 5.83. The van der Waals surface area contributed by atoms with Crippen LogP contribution >= 0.6 is 0 Å². The molecule has 0 unspecified atom stereocenters. The zero-order valence-electron chi connectivity index (χ0n) is 20.6. The van der Waals surface area contributed by atoms with Crippen molar-refractivity contribution in [2.45, 2.75) is 32.1 Å². The Kier molecular flexibility index (Phi) is 8.67. The maximum Gasteiger partial charge on any atom is 0.303 e. The van der Waals surface area contributed by atoms with Crippen molar-refractivity contribution in [3.05, 3.63) is 71.2 Å². The number of hydrogen-bond donors (Lipinski definition) is 1. The van der Waals surface area contributed by atoms with Crippen molar-refractivity contribution >= 4 is 16.9 Å². The maximum absolute atomic E-state index is 14.7. The van der Waals surface area contributed by atoms with Crippen LogP contribution in [0.3, 0.4) is 0 Å². The lowest BCUT2D eigenvalue weighted by Gasteiger charge is -2.37. The molecule has 37 heavy (non-hydrogen) atoms. The fourth-order valence-electron chi connectivity index (χ4n) is 5.10. The van der Waals surface area contributed by atoms with Gasteiger partial charge in [0.2, 0.25) is 0 Å². The van der Waals surface area contributed by atoms with Crippen LogP contribution in [0.15, 0.2) is 42.6 Å². The first-order valence-electron chi connectivity index (χ1n) is 12.3. The van der Waals surface area contributed by atoms with Gasteiger partial charge in [-0.15, -0.1) is 0 Å². The number of carboxylic acid groups (broad SMARTS) is 1. The summed E-state index contributed by atoms with van der Waals surface area (Å²) >= 11 is 0. The van der Waals surface area contributed by atoms with Gasteiger partial charge in [-0.05, 0) is 86.0 Å². The van der Waals surface area contributed by atoms with E-state index in [-0.39, 0.29) is 29.6 Å². The van der Waals surface area contributed by atoms with Crippen LogP contribution in [-0.2, 0) is 11.2 Å². The average molecular weight is 511 g/mol. The number of pyridine rings is 1. The molecule has 1 aliphatic rings. The molecule has 0 aliphatic carbocycles. The number of piperidine rings is 1. The summed E-state index contributed by atoms with van der Waals surface area (Å²) < 4.78 is 47.1. The quantitative estimate of drug-likeness (QED) is 0.409. The number of aryl methyl sites for hydroxylation is 1. The third kappa shape index (κ3) is 6.80. The molecular weight excluding hydrogens is 481 g/mol. The predicted octanol–water partition coefficient (Wildman–Crippen LogP) is 5.45. The van der Waals surface area contributed by atoms with Gasteiger partial charge in [-0.25, -0.2) is 13.2 Å². The summed E-state index contributed by atoms with van der Waals surface area (Å²) in [6.45, 7) is 1.63. The number of carboxylic acids is 1. The summed E-state index contributed by atoms with van der Waals surface area (Å²) in [5, 5.41) is 10.2. The minimum Gasteiger partial charge on any atom is -0.497 e. The monoisotopic (exact) mass is 510 g/mol. The van der Waals surface area contributed by atoms with E-state index in [1.807, 2.05) is 0 Å². The fourth-order valence-corrected chi connectivity index (χ4v) is 5.10. The van der Waals surface area contributed by atoms with Gasteiger partial charge in [0.05, 0.1) is 30.9 Å². The van der Waals surface area contributed by atoms with E-state index >= 15 is 0 Å². The largest absolute Gasteiger partial charge is 0.497 e. The average Bonchev–Trinajstić information content (AvgIpc) is 2.87. The molecule has 4 rings (SSSR count). The molecule has 1 N–H and O–H groups in total. The Labute approximate surface area is 214 Å². The molecule has 1 saturated heterocycles. The first-order valence-corrected chi connectivity index (χ1v) is 12.3. The third-order valence-corrected chi connectivity index (χ3v) is 7.00. The topological polar surface area (TPSA) is 62.7 Å². The van der Waals surface area contributed by atoms with Crippen LogP contribution in [-0.4, -0.2) is 47.7 Å². The second-order valence-electron chi connectivity index (χ2n) is 9.43. The van der Waals surface area contributed by atoms with Crippen LogP contribution in [0.25, 0.3) is 10.9 Å². The lowest BCUT2D eigenvalue weighted by Crippen LogP contribution is -2.41. The Morgan fingerprint density at radius 3 is 2.78 bits per heavy atom. The van der Waals surface area contributed by atoms with E-state index in [0.29, 0.717) is 42.8 Å². The molecule has 5 nitrogen and oxygen atoms in total. The molecule has 1 aromatic heterocycles. The molecule has 0 amide bonds. The van der Waals surface area contributed by atoms with Gasteiger partial charge in [0.25, 0.3) is 0 Å². The Bertz CT molecular complexity index is 1340. The molecule has 194 valence electrons. The number of hydrogen-bond acceptors (Lipinski definition) is 4. The van der Waals surface area contributed by atoms with Gasteiger partial charge >= 0.3 is 5.97 Å². The summed E-state index contributed by atoms with van der Waals surface area (Å²) in [7, 11) is 1.56. The second-order valence-corrected chi connectivity index (χ2v) is 9.43. The van der Waals surface area contributed by atoms with Crippen molar-refractivity contribution in [3.63, 3.8) is 0 Å². The Balaban J connectivity index is 1.39. The number of likely N-dealkylation sites (tertiary alicyclic amines) is 1. The lowest BCUT2D eigenvalue weighted by atomic mass is 9.80. The molecule has 3 aromatic rings. The maximum atomic E-state index is 14.7. The number of aromatic nitrogens is 1. The highest BCUT2D eigenvalue weighted by Gasteiger charge is 2.30. The number of benzene rings is 2. The minimum atomic E-state index is -0.858. The van der Waals surface area contributed by atoms with Crippen molar-refractivity contribution in [2.75, 3.05) is 26.7 Å². The van der Waals surface area contributed by atoms with Gasteiger partial charge in [0, 0.05) is 18.4 Å². The molecule has 2 heterocycles. The van der Waals surface area contributed by atoms with Gasteiger partial charge in [0.15, 0.2) is 0 Å². The van der Waals surface area contributed by atoms with Gasteiger partial charge < -0.3 is 9.84 Å². The number of halogens is 3. The smallest absolute Gasteiger partial charge is 0.303 e. The summed E-state index contributed by atoms with van der Waals surface area (Å²) in [5.74, 6) is 3.98. The van der Waals surface area contributed by atoms with Gasteiger partial charge in [-0.3, -0.25) is 14.7 Å². The molecule has 1 fully saturated rings. The number of methoxy groups -OCH3 is 1. The zero-order valence-corrected chi connectivity index (χ0v) is 20.6. The third-order valence-electron chi connectivity index (χ3n) is 7.00. The fraction of sp³-hybridized carbons (Fsp3) is 0.379. The van der Waals surface area contributed by atoms with E-state index in [4.69, 9.17) is 4.74 Å². The molecular formula is C29H29F3N2O3. The summed E-state index contributed by atoms with van der Waals surface area (Å²) in [5.41, 5.74) is 1.30. The van der Waals surface area contributed by atoms with E-state index in [1.165, 1.54) is 6.20 Å². The number of fused-ring (bicyclic) bond motifs is 1. The van der Waals surface area contributed by atoms with Gasteiger partial charge in [-0.2, -0.15) is 0 Å². The number of nitrogens with zero attached hydrogens (tertiary/aromatic N) is 2. The molecule has 0 saturated carbocycles. The highest BCUT2D eigenvalue weighted by atomic mass is 19.1. The van der Waals surface area contributed by atoms with E-state index in [1.54, 1.807) is 25.3 Å². The molecule has 0 spiro atoms. The van der Waals surface area contributed by atoms with Crippen LogP contribution in [0.4, 0.5) is 13.2 Å². The van der Waals surface area contributed by atoms with Gasteiger partial charge in [0.1, 0.15) is 23.2 Å². The van der Waals surface area contributed by atoms with Crippen LogP contribution in [0.1, 0.15) is 36.8 Å². The van der Waals surface area contributed by atoms with Gasteiger partial charge in [-0.1, -0.05) is 11.8 Å². The standard InChI is InChI=1S/C29H29F3N2O3/c1-37-23-8-10-28-25(16-23)24(27(32)17-33-28)6-2-4-19-11-13-34(18-21(19)15-29(35)36)12-3-5-20-14-22(30)7-9-26(20)31/h7-10,14,16-17,19,21H,2,4,6,11-13,15,18H2,1H3,(H,35,36)/t19-,21+/m1/s1. The van der Waals surface area contributed by atoms with E-state index < -0.39 is 17.6 Å². The SMILES string of the molecule is COc1ccc2ncc(F)c(CCC[C@@H]3CCN(CC#Cc4cc(F)ccc4F)C[C@@H]3CC(=O)O)c2c1. The Hall–Kier alpha value is -3.57. The van der Waals surface area contributed by atoms with Crippen molar-refractivity contribution in [3.8, 4) is 17.6 Å². The van der Waals surface area contributed by atoms with E-state index in [2.05, 4.69) is 21.7 Å². The number of ether oxygens (including phenoxy) is 1. The van der Waals surface area contributed by atoms with Crippen LogP contribution in [0.5, 0.6) is 5.75 Å². The predicted molar refractivity (Wildman–Crippen MR) is 135 cm³/mol. The molecule has 8 heteroatoms. The van der Waals surface area contributed by atoms with E-state index in [9.17, 15) is 23.1 Å². The number of aliphatic carboxylic acids is 1. The van der Waals surface area contributed by atoms with Crippen LogP contribution in [0.2, 0.25) is 0 Å². The molecule has 2 aromatic carbocycles. The van der Waals surface area contributed by atoms with Crippen molar-refractivity contribution < 1.29 is 27.8 Å². The Morgan fingerprint density at radius 2 is 2.00 bits per heavy atom. The molecule has 2 atom stereocenters.